The van der Waals surface area contributed by atoms with E-state index in [1.807, 2.05) is 13.1 Å². The highest BCUT2D eigenvalue weighted by Gasteiger charge is 2.14. The van der Waals surface area contributed by atoms with Crippen molar-refractivity contribution in [2.45, 2.75) is 44.7 Å². The first-order valence-corrected chi connectivity index (χ1v) is 7.09. The van der Waals surface area contributed by atoms with Gasteiger partial charge in [-0.05, 0) is 18.4 Å². The third kappa shape index (κ3) is 4.24. The molecular formula is C15H24N4. The number of hydrazine groups is 1. The van der Waals surface area contributed by atoms with Gasteiger partial charge < -0.3 is 4.90 Å². The van der Waals surface area contributed by atoms with Gasteiger partial charge in [0, 0.05) is 13.6 Å². The zero-order valence-corrected chi connectivity index (χ0v) is 11.7. The second kappa shape index (κ2) is 7.14. The summed E-state index contributed by atoms with van der Waals surface area (Å²) in [7, 11) is 2.02. The molecule has 0 unspecified atom stereocenters. The van der Waals surface area contributed by atoms with Crippen LogP contribution >= 0.6 is 0 Å². The Morgan fingerprint density at radius 3 is 2.58 bits per heavy atom. The predicted octanol–water partition coefficient (Wildman–Crippen LogP) is 2.27. The molecule has 0 bridgehead atoms. The lowest BCUT2D eigenvalue weighted by Crippen LogP contribution is -2.43. The molecule has 1 aromatic carbocycles. The monoisotopic (exact) mass is 260 g/mol. The summed E-state index contributed by atoms with van der Waals surface area (Å²) in [4.78, 5) is 6.83. The molecule has 3 N–H and O–H groups in total. The molecule has 0 spiro atoms. The van der Waals surface area contributed by atoms with Gasteiger partial charge in [-0.1, -0.05) is 49.6 Å². The summed E-state index contributed by atoms with van der Waals surface area (Å²) in [5, 5.41) is 0. The third-order valence-corrected chi connectivity index (χ3v) is 3.63. The smallest absolute Gasteiger partial charge is 0.208 e. The maximum absolute atomic E-state index is 5.62. The summed E-state index contributed by atoms with van der Waals surface area (Å²) in [6.07, 6.45) is 6.29. The minimum atomic E-state index is 0.429. The first-order chi connectivity index (χ1) is 9.29. The summed E-state index contributed by atoms with van der Waals surface area (Å²) in [5.74, 6) is 6.41. The molecule has 19 heavy (non-hydrogen) atoms. The van der Waals surface area contributed by atoms with E-state index in [1.54, 1.807) is 0 Å². The van der Waals surface area contributed by atoms with Gasteiger partial charge in [0.2, 0.25) is 5.96 Å². The quantitative estimate of drug-likeness (QED) is 0.379. The highest BCUT2D eigenvalue weighted by molar-refractivity contribution is 5.79. The predicted molar refractivity (Wildman–Crippen MR) is 79.5 cm³/mol. The Labute approximate surface area is 115 Å². The molecular weight excluding hydrogens is 236 g/mol. The summed E-state index contributed by atoms with van der Waals surface area (Å²) >= 11 is 0. The van der Waals surface area contributed by atoms with Gasteiger partial charge in [0.05, 0.1) is 6.04 Å². The van der Waals surface area contributed by atoms with Gasteiger partial charge >= 0.3 is 0 Å². The molecule has 0 saturated heterocycles. The average molecular weight is 260 g/mol. The Bertz CT molecular complexity index is 396. The lowest BCUT2D eigenvalue weighted by atomic mass is 9.96. The molecule has 104 valence electrons. The minimum Gasteiger partial charge on any atom is -0.341 e. The second-order valence-electron chi connectivity index (χ2n) is 5.23. The molecule has 0 atom stereocenters. The van der Waals surface area contributed by atoms with Crippen LogP contribution in [0.2, 0.25) is 0 Å². The van der Waals surface area contributed by atoms with E-state index in [4.69, 9.17) is 10.8 Å². The Morgan fingerprint density at radius 1 is 1.26 bits per heavy atom. The van der Waals surface area contributed by atoms with Gasteiger partial charge in [-0.2, -0.15) is 0 Å². The van der Waals surface area contributed by atoms with E-state index < -0.39 is 0 Å². The number of hydrogen-bond acceptors (Lipinski definition) is 2. The summed E-state index contributed by atoms with van der Waals surface area (Å²) in [6, 6.07) is 10.8. The van der Waals surface area contributed by atoms with Crippen LogP contribution in [0.25, 0.3) is 0 Å². The van der Waals surface area contributed by atoms with Crippen LogP contribution in [-0.4, -0.2) is 23.9 Å². The van der Waals surface area contributed by atoms with Crippen molar-refractivity contribution in [3.63, 3.8) is 0 Å². The lowest BCUT2D eigenvalue weighted by molar-refractivity contribution is 0.423. The van der Waals surface area contributed by atoms with Gasteiger partial charge in [-0.15, -0.1) is 0 Å². The highest BCUT2D eigenvalue weighted by atomic mass is 15.4. The third-order valence-electron chi connectivity index (χ3n) is 3.63. The standard InChI is InChI=1S/C15H24N4/c1-19(12-13-8-4-2-5-9-13)15(18-16)17-14-10-6-3-7-11-14/h2,4-5,8-9,14H,3,6-7,10-12,16H2,1H3,(H,17,18). The molecule has 4 heteroatoms. The van der Waals surface area contributed by atoms with E-state index in [0.717, 1.165) is 12.5 Å². The van der Waals surface area contributed by atoms with Gasteiger partial charge in [0.25, 0.3) is 0 Å². The number of hydrogen-bond donors (Lipinski definition) is 2. The fourth-order valence-corrected chi connectivity index (χ4v) is 2.56. The molecule has 2 rings (SSSR count). The first-order valence-electron chi connectivity index (χ1n) is 7.09. The number of aliphatic imine (C=N–C) groups is 1. The molecule has 4 nitrogen and oxygen atoms in total. The van der Waals surface area contributed by atoms with E-state index in [2.05, 4.69) is 34.6 Å². The molecule has 1 saturated carbocycles. The number of nitrogens with one attached hydrogen (secondary N) is 1. The molecule has 0 aromatic heterocycles. The van der Waals surface area contributed by atoms with Crippen molar-refractivity contribution in [1.82, 2.24) is 10.3 Å². The fourth-order valence-electron chi connectivity index (χ4n) is 2.56. The van der Waals surface area contributed by atoms with Gasteiger partial charge in [-0.3, -0.25) is 5.43 Å². The minimum absolute atomic E-state index is 0.429. The van der Waals surface area contributed by atoms with Crippen LogP contribution in [0.3, 0.4) is 0 Å². The van der Waals surface area contributed by atoms with Crippen molar-refractivity contribution >= 4 is 5.96 Å². The molecule has 1 fully saturated rings. The van der Waals surface area contributed by atoms with Gasteiger partial charge in [-0.25, -0.2) is 10.8 Å². The van der Waals surface area contributed by atoms with Crippen LogP contribution in [-0.2, 0) is 6.54 Å². The van der Waals surface area contributed by atoms with Gasteiger partial charge in [0.15, 0.2) is 0 Å². The van der Waals surface area contributed by atoms with E-state index in [1.165, 1.54) is 37.7 Å². The topological polar surface area (TPSA) is 53.6 Å². The van der Waals surface area contributed by atoms with Crippen molar-refractivity contribution in [3.8, 4) is 0 Å². The molecule has 0 heterocycles. The largest absolute Gasteiger partial charge is 0.341 e. The number of rotatable bonds is 3. The zero-order valence-electron chi connectivity index (χ0n) is 11.7. The number of guanidine groups is 1. The number of nitrogens with two attached hydrogens (primary N) is 1. The fraction of sp³-hybridized carbons (Fsp3) is 0.533. The van der Waals surface area contributed by atoms with Crippen molar-refractivity contribution in [2.75, 3.05) is 7.05 Å². The number of benzene rings is 1. The molecule has 0 amide bonds. The molecule has 1 aliphatic carbocycles. The highest BCUT2D eigenvalue weighted by Crippen LogP contribution is 2.20. The maximum atomic E-state index is 5.62. The SMILES string of the molecule is CN(Cc1ccccc1)C(=NC1CCCCC1)NN. The second-order valence-corrected chi connectivity index (χ2v) is 5.23. The van der Waals surface area contributed by atoms with Crippen molar-refractivity contribution in [2.24, 2.45) is 10.8 Å². The normalized spacial score (nSPS) is 17.3. The Hall–Kier alpha value is -1.55. The summed E-state index contributed by atoms with van der Waals surface area (Å²) < 4.78 is 0. The Balaban J connectivity index is 1.97. The van der Waals surface area contributed by atoms with E-state index in [-0.39, 0.29) is 0 Å². The van der Waals surface area contributed by atoms with Crippen LogP contribution < -0.4 is 11.3 Å². The van der Waals surface area contributed by atoms with Crippen LogP contribution in [0.1, 0.15) is 37.7 Å². The van der Waals surface area contributed by atoms with Crippen molar-refractivity contribution in [1.29, 1.82) is 0 Å². The average Bonchev–Trinajstić information content (AvgIpc) is 2.47. The number of nitrogens with zero attached hydrogens (tertiary/aromatic N) is 2. The molecule has 0 aliphatic heterocycles. The van der Waals surface area contributed by atoms with Crippen LogP contribution in [0, 0.1) is 0 Å². The summed E-state index contributed by atoms with van der Waals surface area (Å²) in [6.45, 7) is 0.816. The Kier molecular flexibility index (Phi) is 5.21. The molecule has 0 radical (unpaired) electrons. The lowest BCUT2D eigenvalue weighted by Gasteiger charge is -2.24. The maximum Gasteiger partial charge on any atom is 0.208 e. The first kappa shape index (κ1) is 13.9. The molecule has 1 aromatic rings. The Morgan fingerprint density at radius 2 is 1.95 bits per heavy atom. The van der Waals surface area contributed by atoms with Gasteiger partial charge in [0.1, 0.15) is 0 Å². The van der Waals surface area contributed by atoms with Crippen molar-refractivity contribution in [3.05, 3.63) is 35.9 Å². The van der Waals surface area contributed by atoms with E-state index in [9.17, 15) is 0 Å². The van der Waals surface area contributed by atoms with Crippen LogP contribution in [0.5, 0.6) is 0 Å². The van der Waals surface area contributed by atoms with E-state index >= 15 is 0 Å². The van der Waals surface area contributed by atoms with Crippen molar-refractivity contribution < 1.29 is 0 Å². The zero-order chi connectivity index (χ0) is 13.5. The molecule has 1 aliphatic rings. The van der Waals surface area contributed by atoms with E-state index in [0.29, 0.717) is 6.04 Å². The van der Waals surface area contributed by atoms with Crippen LogP contribution in [0.4, 0.5) is 0 Å². The van der Waals surface area contributed by atoms with Crippen LogP contribution in [0.15, 0.2) is 35.3 Å². The summed E-state index contributed by atoms with van der Waals surface area (Å²) in [5.41, 5.74) is 4.01.